The van der Waals surface area contributed by atoms with Crippen molar-refractivity contribution in [1.29, 1.82) is 5.26 Å². The highest BCUT2D eigenvalue weighted by Crippen LogP contribution is 2.35. The van der Waals surface area contributed by atoms with Gasteiger partial charge in [0.05, 0.1) is 26.6 Å². The largest absolute Gasteiger partial charge is 0.478 e. The molecule has 0 N–H and O–H groups in total. The van der Waals surface area contributed by atoms with Gasteiger partial charge in [-0.05, 0) is 41.5 Å². The second-order valence-electron chi connectivity index (χ2n) is 4.78. The van der Waals surface area contributed by atoms with Gasteiger partial charge in [0.25, 0.3) is 5.69 Å². The number of hydrogen-bond acceptors (Lipinski definition) is 4. The van der Waals surface area contributed by atoms with Gasteiger partial charge in [-0.2, -0.15) is 5.26 Å². The molecule has 7 heteroatoms. The van der Waals surface area contributed by atoms with E-state index in [1.54, 1.807) is 18.2 Å². The van der Waals surface area contributed by atoms with Gasteiger partial charge in [-0.3, -0.25) is 10.1 Å². The lowest BCUT2D eigenvalue weighted by Crippen LogP contribution is -1.95. The summed E-state index contributed by atoms with van der Waals surface area (Å²) >= 11 is 12.3. The summed E-state index contributed by atoms with van der Waals surface area (Å²) in [5, 5.41) is 20.6. The van der Waals surface area contributed by atoms with Crippen LogP contribution in [-0.2, 0) is 0 Å². The Labute approximate surface area is 154 Å². The molecule has 0 aliphatic rings. The van der Waals surface area contributed by atoms with Crippen LogP contribution in [0.4, 0.5) is 5.69 Å². The van der Waals surface area contributed by atoms with Gasteiger partial charge < -0.3 is 4.74 Å². The van der Waals surface area contributed by atoms with Crippen molar-refractivity contribution in [2.75, 3.05) is 6.61 Å². The van der Waals surface area contributed by atoms with Gasteiger partial charge in [-0.25, -0.2) is 0 Å². The Morgan fingerprint density at radius 3 is 2.36 bits per heavy atom. The fourth-order valence-electron chi connectivity index (χ4n) is 2.02. The summed E-state index contributed by atoms with van der Waals surface area (Å²) in [6, 6.07) is 10.9. The molecule has 2 aromatic rings. The fraction of sp³-hybridized carbons (Fsp3) is 0.0556. The van der Waals surface area contributed by atoms with Crippen molar-refractivity contribution >= 4 is 40.5 Å². The minimum Gasteiger partial charge on any atom is -0.478 e. The molecule has 0 radical (unpaired) electrons. The molecule has 0 spiro atoms. The summed E-state index contributed by atoms with van der Waals surface area (Å²) in [5.41, 5.74) is 1.37. The van der Waals surface area contributed by atoms with Crippen LogP contribution in [0.25, 0.3) is 11.6 Å². The third-order valence-corrected chi connectivity index (χ3v) is 3.70. The molecule has 0 fully saturated rings. The molecule has 0 amide bonds. The molecule has 0 bridgehead atoms. The van der Waals surface area contributed by atoms with Crippen LogP contribution in [0.5, 0.6) is 5.75 Å². The monoisotopic (exact) mass is 372 g/mol. The van der Waals surface area contributed by atoms with Crippen LogP contribution in [0.3, 0.4) is 0 Å². The molecule has 25 heavy (non-hydrogen) atoms. The summed E-state index contributed by atoms with van der Waals surface area (Å²) < 4.78 is 5.27. The topological polar surface area (TPSA) is 76.2 Å². The molecule has 0 saturated heterocycles. The number of hydrogen-bond donors (Lipinski definition) is 0. The minimum atomic E-state index is -0.506. The van der Waals surface area contributed by atoms with Crippen molar-refractivity contribution in [1.82, 2.24) is 0 Å². The van der Waals surface area contributed by atoms with E-state index in [2.05, 4.69) is 12.0 Å². The van der Waals surface area contributed by atoms with Gasteiger partial charge in [0.15, 0.2) is 5.75 Å². The standard InChI is InChI=1S/C18H10Cl2N2O3/c1-2-7-25-18-16(19)9-12(10-17(18)20)8-14(11-21)13-3-5-15(6-4-13)22(23)24/h1,3-6,8-10H,7H2/b14-8+. The lowest BCUT2D eigenvalue weighted by atomic mass is 10.0. The van der Waals surface area contributed by atoms with Crippen LogP contribution in [-0.4, -0.2) is 11.5 Å². The molecule has 124 valence electrons. The summed E-state index contributed by atoms with van der Waals surface area (Å²) in [6.07, 6.45) is 6.71. The molecule has 0 heterocycles. The van der Waals surface area contributed by atoms with Crippen LogP contribution in [0.15, 0.2) is 36.4 Å². The Bertz CT molecular complexity index is 900. The van der Waals surface area contributed by atoms with Crippen LogP contribution >= 0.6 is 23.2 Å². The molecule has 0 aliphatic heterocycles. The van der Waals surface area contributed by atoms with E-state index in [0.29, 0.717) is 16.7 Å². The predicted octanol–water partition coefficient (Wildman–Crippen LogP) is 4.98. The first-order valence-corrected chi connectivity index (χ1v) is 7.63. The molecule has 0 aromatic heterocycles. The first kappa shape index (κ1) is 18.4. The van der Waals surface area contributed by atoms with Gasteiger partial charge >= 0.3 is 0 Å². The van der Waals surface area contributed by atoms with Crippen molar-refractivity contribution in [3.05, 3.63) is 67.7 Å². The molecule has 5 nitrogen and oxygen atoms in total. The van der Waals surface area contributed by atoms with E-state index in [4.69, 9.17) is 34.4 Å². The number of allylic oxidation sites excluding steroid dienone is 1. The zero-order valence-electron chi connectivity index (χ0n) is 12.7. The smallest absolute Gasteiger partial charge is 0.269 e. The van der Waals surface area contributed by atoms with E-state index in [9.17, 15) is 15.4 Å². The van der Waals surface area contributed by atoms with E-state index in [-0.39, 0.29) is 28.1 Å². The number of nitro groups is 1. The highest BCUT2D eigenvalue weighted by Gasteiger charge is 2.11. The Hall–Kier alpha value is -2.99. The second kappa shape index (κ2) is 8.21. The summed E-state index contributed by atoms with van der Waals surface area (Å²) in [6.45, 7) is 0.0286. The van der Waals surface area contributed by atoms with E-state index in [0.717, 1.165) is 0 Å². The van der Waals surface area contributed by atoms with E-state index in [1.165, 1.54) is 24.3 Å². The average molecular weight is 373 g/mol. The number of nitro benzene ring substituents is 1. The molecular formula is C18H10Cl2N2O3. The van der Waals surface area contributed by atoms with Gasteiger partial charge in [-0.1, -0.05) is 29.1 Å². The molecule has 0 saturated carbocycles. The van der Waals surface area contributed by atoms with Crippen molar-refractivity contribution in [2.45, 2.75) is 0 Å². The lowest BCUT2D eigenvalue weighted by molar-refractivity contribution is -0.384. The normalized spacial score (nSPS) is 10.6. The van der Waals surface area contributed by atoms with Gasteiger partial charge in [0.1, 0.15) is 6.61 Å². The summed E-state index contributed by atoms with van der Waals surface area (Å²) in [4.78, 5) is 10.2. The van der Waals surface area contributed by atoms with E-state index in [1.807, 2.05) is 0 Å². The number of benzene rings is 2. The van der Waals surface area contributed by atoms with Crippen LogP contribution in [0.1, 0.15) is 11.1 Å². The van der Waals surface area contributed by atoms with E-state index < -0.39 is 4.92 Å². The average Bonchev–Trinajstić information content (AvgIpc) is 2.59. The van der Waals surface area contributed by atoms with Gasteiger partial charge in [0, 0.05) is 12.1 Å². The lowest BCUT2D eigenvalue weighted by Gasteiger charge is -2.09. The van der Waals surface area contributed by atoms with Gasteiger partial charge in [-0.15, -0.1) is 6.42 Å². The van der Waals surface area contributed by atoms with Gasteiger partial charge in [0.2, 0.25) is 0 Å². The number of terminal acetylenes is 1. The number of non-ortho nitro benzene ring substituents is 1. The Morgan fingerprint density at radius 2 is 1.88 bits per heavy atom. The molecule has 0 unspecified atom stereocenters. The maximum atomic E-state index is 10.7. The molecule has 2 aromatic carbocycles. The third-order valence-electron chi connectivity index (χ3n) is 3.14. The number of ether oxygens (including phenoxy) is 1. The molecule has 0 aliphatic carbocycles. The Balaban J connectivity index is 2.38. The zero-order chi connectivity index (χ0) is 18.4. The molecular weight excluding hydrogens is 363 g/mol. The van der Waals surface area contributed by atoms with Crippen molar-refractivity contribution < 1.29 is 9.66 Å². The summed E-state index contributed by atoms with van der Waals surface area (Å²) in [5.74, 6) is 2.59. The first-order chi connectivity index (χ1) is 12.0. The number of nitrogens with zero attached hydrogens (tertiary/aromatic N) is 2. The molecule has 0 atom stereocenters. The number of halogens is 2. The van der Waals surface area contributed by atoms with Crippen LogP contribution in [0, 0.1) is 33.8 Å². The Morgan fingerprint density at radius 1 is 1.28 bits per heavy atom. The van der Waals surface area contributed by atoms with Crippen molar-refractivity contribution in [2.24, 2.45) is 0 Å². The zero-order valence-corrected chi connectivity index (χ0v) is 14.2. The number of rotatable bonds is 5. The third kappa shape index (κ3) is 4.51. The maximum Gasteiger partial charge on any atom is 0.269 e. The first-order valence-electron chi connectivity index (χ1n) is 6.88. The molecule has 2 rings (SSSR count). The number of nitriles is 1. The van der Waals surface area contributed by atoms with Crippen molar-refractivity contribution in [3.63, 3.8) is 0 Å². The highest BCUT2D eigenvalue weighted by atomic mass is 35.5. The van der Waals surface area contributed by atoms with Crippen molar-refractivity contribution in [3.8, 4) is 24.2 Å². The SMILES string of the molecule is C#CCOc1c(Cl)cc(/C=C(\C#N)c2ccc([N+](=O)[O-])cc2)cc1Cl. The summed E-state index contributed by atoms with van der Waals surface area (Å²) in [7, 11) is 0. The second-order valence-corrected chi connectivity index (χ2v) is 5.59. The highest BCUT2D eigenvalue weighted by molar-refractivity contribution is 6.37. The van der Waals surface area contributed by atoms with Crippen LogP contribution in [0.2, 0.25) is 10.0 Å². The fourth-order valence-corrected chi connectivity index (χ4v) is 2.64. The Kier molecular flexibility index (Phi) is 6.03. The van der Waals surface area contributed by atoms with E-state index >= 15 is 0 Å². The van der Waals surface area contributed by atoms with Crippen LogP contribution < -0.4 is 4.74 Å². The quantitative estimate of drug-likeness (QED) is 0.244. The maximum absolute atomic E-state index is 10.7. The predicted molar refractivity (Wildman–Crippen MR) is 97.4 cm³/mol. The minimum absolute atomic E-state index is 0.0286.